The van der Waals surface area contributed by atoms with Crippen LogP contribution in [0.5, 0.6) is 0 Å². The van der Waals surface area contributed by atoms with Gasteiger partial charge in [-0.15, -0.1) is 0 Å². The number of benzene rings is 2. The van der Waals surface area contributed by atoms with Crippen molar-refractivity contribution < 1.29 is 13.2 Å². The Morgan fingerprint density at radius 1 is 0.931 bits per heavy atom. The Balaban J connectivity index is 1.64. The SMILES string of the molecule is C/C=C/CCc1ccc2cc(C3CCC4CC(C)CCC4C3)c(F)c(F)c2c1F. The van der Waals surface area contributed by atoms with E-state index in [9.17, 15) is 8.78 Å². The molecule has 2 aromatic rings. The second kappa shape index (κ2) is 8.53. The summed E-state index contributed by atoms with van der Waals surface area (Å²) in [5, 5.41) is 0.287. The van der Waals surface area contributed by atoms with Crippen LogP contribution in [0.25, 0.3) is 10.8 Å². The molecule has 0 spiro atoms. The molecule has 0 nitrogen and oxygen atoms in total. The molecule has 2 fully saturated rings. The third kappa shape index (κ3) is 3.98. The predicted octanol–water partition coefficient (Wildman–Crippen LogP) is 8.09. The van der Waals surface area contributed by atoms with E-state index >= 15 is 4.39 Å². The van der Waals surface area contributed by atoms with Crippen LogP contribution in [0, 0.1) is 35.2 Å². The average molecular weight is 401 g/mol. The Bertz CT molecular complexity index is 914. The van der Waals surface area contributed by atoms with Crippen molar-refractivity contribution in [2.24, 2.45) is 17.8 Å². The normalized spacial score (nSPS) is 27.5. The van der Waals surface area contributed by atoms with E-state index in [4.69, 9.17) is 0 Å². The Kier molecular flexibility index (Phi) is 6.03. The van der Waals surface area contributed by atoms with E-state index in [1.807, 2.05) is 19.1 Å². The molecule has 0 radical (unpaired) electrons. The van der Waals surface area contributed by atoms with E-state index in [2.05, 4.69) is 6.92 Å². The van der Waals surface area contributed by atoms with Crippen molar-refractivity contribution in [3.63, 3.8) is 0 Å². The minimum atomic E-state index is -1.01. The van der Waals surface area contributed by atoms with Crippen LogP contribution in [0.15, 0.2) is 30.4 Å². The largest absolute Gasteiger partial charge is 0.206 e. The smallest absolute Gasteiger partial charge is 0.169 e. The molecule has 29 heavy (non-hydrogen) atoms. The maximum Gasteiger partial charge on any atom is 0.169 e. The first-order valence-electron chi connectivity index (χ1n) is 11.2. The summed E-state index contributed by atoms with van der Waals surface area (Å²) in [6.45, 7) is 4.23. The van der Waals surface area contributed by atoms with E-state index in [0.717, 1.165) is 31.1 Å². The Morgan fingerprint density at radius 2 is 1.69 bits per heavy atom. The summed E-state index contributed by atoms with van der Waals surface area (Å²) in [5.74, 6) is -0.278. The van der Waals surface area contributed by atoms with Gasteiger partial charge in [0.05, 0.1) is 5.39 Å². The van der Waals surface area contributed by atoms with Crippen molar-refractivity contribution >= 4 is 10.8 Å². The van der Waals surface area contributed by atoms with Gasteiger partial charge in [0.15, 0.2) is 11.6 Å². The number of halogens is 3. The predicted molar refractivity (Wildman–Crippen MR) is 114 cm³/mol. The zero-order valence-corrected chi connectivity index (χ0v) is 17.5. The molecule has 0 heterocycles. The summed E-state index contributed by atoms with van der Waals surface area (Å²) in [6.07, 6.45) is 11.7. The Hall–Kier alpha value is -1.77. The highest BCUT2D eigenvalue weighted by Crippen LogP contribution is 2.48. The van der Waals surface area contributed by atoms with Gasteiger partial charge in [-0.1, -0.05) is 37.6 Å². The maximum absolute atomic E-state index is 15.1. The van der Waals surface area contributed by atoms with Crippen LogP contribution in [-0.4, -0.2) is 0 Å². The van der Waals surface area contributed by atoms with Gasteiger partial charge in [0.2, 0.25) is 0 Å². The summed E-state index contributed by atoms with van der Waals surface area (Å²) < 4.78 is 45.0. The summed E-state index contributed by atoms with van der Waals surface area (Å²) >= 11 is 0. The summed E-state index contributed by atoms with van der Waals surface area (Å²) in [5.41, 5.74) is 0.895. The molecular weight excluding hydrogens is 369 g/mol. The lowest BCUT2D eigenvalue weighted by Crippen LogP contribution is -2.30. The van der Waals surface area contributed by atoms with Crippen molar-refractivity contribution in [2.75, 3.05) is 0 Å². The van der Waals surface area contributed by atoms with Crippen molar-refractivity contribution in [2.45, 2.75) is 71.1 Å². The van der Waals surface area contributed by atoms with Crippen LogP contribution in [0.2, 0.25) is 0 Å². The van der Waals surface area contributed by atoms with E-state index in [1.54, 1.807) is 18.2 Å². The number of hydrogen-bond acceptors (Lipinski definition) is 0. The van der Waals surface area contributed by atoms with Crippen molar-refractivity contribution in [3.8, 4) is 0 Å². The molecule has 4 atom stereocenters. The monoisotopic (exact) mass is 400 g/mol. The minimum Gasteiger partial charge on any atom is -0.206 e. The molecule has 3 heteroatoms. The third-order valence-corrected chi connectivity index (χ3v) is 7.36. The van der Waals surface area contributed by atoms with Gasteiger partial charge in [-0.3, -0.25) is 0 Å². The van der Waals surface area contributed by atoms with Crippen LogP contribution in [0.3, 0.4) is 0 Å². The molecule has 2 saturated carbocycles. The zero-order valence-electron chi connectivity index (χ0n) is 17.5. The highest BCUT2D eigenvalue weighted by molar-refractivity contribution is 5.85. The van der Waals surface area contributed by atoms with E-state index < -0.39 is 17.5 Å². The average Bonchev–Trinajstić information content (AvgIpc) is 2.72. The highest BCUT2D eigenvalue weighted by atomic mass is 19.2. The van der Waals surface area contributed by atoms with Crippen molar-refractivity contribution in [3.05, 3.63) is 58.9 Å². The van der Waals surface area contributed by atoms with Gasteiger partial charge in [0, 0.05) is 0 Å². The Labute approximate surface area is 172 Å². The first-order valence-corrected chi connectivity index (χ1v) is 11.2. The van der Waals surface area contributed by atoms with Gasteiger partial charge in [0.1, 0.15) is 5.82 Å². The van der Waals surface area contributed by atoms with Crippen LogP contribution < -0.4 is 0 Å². The molecule has 156 valence electrons. The van der Waals surface area contributed by atoms with Crippen LogP contribution in [0.1, 0.15) is 75.8 Å². The lowest BCUT2D eigenvalue weighted by Gasteiger charge is -2.41. The number of rotatable bonds is 4. The quantitative estimate of drug-likeness (QED) is 0.455. The molecule has 4 rings (SSSR count). The maximum atomic E-state index is 15.1. The van der Waals surface area contributed by atoms with Gasteiger partial charge in [0.25, 0.3) is 0 Å². The first kappa shape index (κ1) is 20.5. The van der Waals surface area contributed by atoms with Crippen molar-refractivity contribution in [1.82, 2.24) is 0 Å². The molecule has 0 bridgehead atoms. The second-order valence-corrected chi connectivity index (χ2v) is 9.29. The van der Waals surface area contributed by atoms with E-state index in [-0.39, 0.29) is 11.3 Å². The van der Waals surface area contributed by atoms with Gasteiger partial charge in [-0.25, -0.2) is 13.2 Å². The van der Waals surface area contributed by atoms with Gasteiger partial charge in [-0.2, -0.15) is 0 Å². The molecule has 0 saturated heterocycles. The highest BCUT2D eigenvalue weighted by Gasteiger charge is 2.36. The summed E-state index contributed by atoms with van der Waals surface area (Å²) in [4.78, 5) is 0. The number of allylic oxidation sites excluding steroid dienone is 2. The molecule has 4 unspecified atom stereocenters. The Morgan fingerprint density at radius 3 is 2.48 bits per heavy atom. The topological polar surface area (TPSA) is 0 Å². The molecule has 0 amide bonds. The molecule has 0 aliphatic heterocycles. The molecule has 2 aliphatic rings. The number of hydrogen-bond donors (Lipinski definition) is 0. The fraction of sp³-hybridized carbons (Fsp3) is 0.538. The second-order valence-electron chi connectivity index (χ2n) is 9.29. The summed E-state index contributed by atoms with van der Waals surface area (Å²) in [7, 11) is 0. The van der Waals surface area contributed by atoms with E-state index in [1.165, 1.54) is 19.3 Å². The van der Waals surface area contributed by atoms with Crippen LogP contribution in [0.4, 0.5) is 13.2 Å². The van der Waals surface area contributed by atoms with E-state index in [0.29, 0.717) is 35.3 Å². The molecule has 2 aliphatic carbocycles. The van der Waals surface area contributed by atoms with Gasteiger partial charge >= 0.3 is 0 Å². The molecule has 0 N–H and O–H groups in total. The fourth-order valence-corrected chi connectivity index (χ4v) is 5.75. The minimum absolute atomic E-state index is 0.0426. The fourth-order valence-electron chi connectivity index (χ4n) is 5.75. The first-order chi connectivity index (χ1) is 14.0. The van der Waals surface area contributed by atoms with Crippen LogP contribution in [-0.2, 0) is 6.42 Å². The molecular formula is C26H31F3. The van der Waals surface area contributed by atoms with Gasteiger partial charge in [-0.05, 0) is 98.1 Å². The molecule has 2 aromatic carbocycles. The zero-order chi connectivity index (χ0) is 20.5. The third-order valence-electron chi connectivity index (χ3n) is 7.36. The lowest BCUT2D eigenvalue weighted by atomic mass is 9.64. The van der Waals surface area contributed by atoms with Crippen LogP contribution >= 0.6 is 0 Å². The molecule has 0 aromatic heterocycles. The van der Waals surface area contributed by atoms with Gasteiger partial charge < -0.3 is 0 Å². The lowest BCUT2D eigenvalue weighted by molar-refractivity contribution is 0.123. The number of aryl methyl sites for hydroxylation is 1. The summed E-state index contributed by atoms with van der Waals surface area (Å²) in [6, 6.07) is 5.19. The van der Waals surface area contributed by atoms with Crippen molar-refractivity contribution in [1.29, 1.82) is 0 Å². The standard InChI is InChI=1S/C26H31F3/c1-3-4-5-6-17-9-12-21-15-22(25(28)26(29)23(21)24(17)27)20-11-10-18-13-16(2)7-8-19(18)14-20/h3-4,9,12,15-16,18-20H,5-8,10-11,13-14H2,1-2H3/b4-3+. The number of fused-ring (bicyclic) bond motifs is 2.